The molecule has 3 N–H and O–H groups in total. The van der Waals surface area contributed by atoms with Gasteiger partial charge in [-0.25, -0.2) is 4.79 Å². The number of aliphatic hydroxyl groups is 3. The van der Waals surface area contributed by atoms with E-state index >= 15 is 0 Å². The van der Waals surface area contributed by atoms with Crippen LogP contribution in [0.4, 0.5) is 0 Å². The van der Waals surface area contributed by atoms with Crippen molar-refractivity contribution >= 4 is 11.9 Å². The minimum absolute atomic E-state index is 0.101. The van der Waals surface area contributed by atoms with Crippen LogP contribution in [0.2, 0.25) is 0 Å². The minimum Gasteiger partial charge on any atom is -0.465 e. The molecule has 7 nitrogen and oxygen atoms in total. The van der Waals surface area contributed by atoms with Crippen LogP contribution in [0.15, 0.2) is 0 Å². The van der Waals surface area contributed by atoms with Gasteiger partial charge in [0.2, 0.25) is 0 Å². The van der Waals surface area contributed by atoms with E-state index in [1.54, 1.807) is 13.8 Å². The summed E-state index contributed by atoms with van der Waals surface area (Å²) in [6, 6.07) is 0. The fourth-order valence-corrected chi connectivity index (χ4v) is 5.81. The highest BCUT2D eigenvalue weighted by molar-refractivity contribution is 5.77. The van der Waals surface area contributed by atoms with Crippen molar-refractivity contribution < 1.29 is 34.4 Å². The number of ether oxygens (including phenoxy) is 2. The molecule has 0 amide bonds. The van der Waals surface area contributed by atoms with Gasteiger partial charge in [-0.3, -0.25) is 4.79 Å². The first-order valence-corrected chi connectivity index (χ1v) is 9.47. The Bertz CT molecular complexity index is 603. The van der Waals surface area contributed by atoms with E-state index in [1.165, 1.54) is 0 Å². The van der Waals surface area contributed by atoms with E-state index in [-0.39, 0.29) is 31.3 Å². The summed E-state index contributed by atoms with van der Waals surface area (Å²) in [6.45, 7) is 7.00. The van der Waals surface area contributed by atoms with Gasteiger partial charge in [-0.15, -0.1) is 0 Å². The first-order chi connectivity index (χ1) is 12.0. The van der Waals surface area contributed by atoms with Crippen molar-refractivity contribution in [3.63, 3.8) is 0 Å². The number of esters is 2. The van der Waals surface area contributed by atoms with Crippen molar-refractivity contribution in [1.82, 2.24) is 0 Å². The molecule has 0 aromatic rings. The van der Waals surface area contributed by atoms with Crippen molar-refractivity contribution in [1.29, 1.82) is 0 Å². The number of carbonyl (C=O) groups excluding carboxylic acids is 2. The standard InChI is InChI=1S/C19H30O7/c1-5-6-13(21)25-9-17(3)14-11(20)7-10(2)19(14)8-12(18(17,4)24)26-16(23)15(19)22/h10-12,14-15,20,22,24H,5-9H2,1-4H3. The molecule has 3 aliphatic rings. The molecule has 2 aliphatic carbocycles. The monoisotopic (exact) mass is 370 g/mol. The van der Waals surface area contributed by atoms with E-state index in [0.29, 0.717) is 12.8 Å². The molecule has 3 rings (SSSR count). The Morgan fingerprint density at radius 3 is 2.62 bits per heavy atom. The van der Waals surface area contributed by atoms with Crippen LogP contribution in [0.1, 0.15) is 53.4 Å². The zero-order valence-corrected chi connectivity index (χ0v) is 15.9. The highest BCUT2D eigenvalue weighted by atomic mass is 16.6. The van der Waals surface area contributed by atoms with Crippen LogP contribution in [0, 0.1) is 22.7 Å². The average Bonchev–Trinajstić information content (AvgIpc) is 2.80. The van der Waals surface area contributed by atoms with E-state index in [9.17, 15) is 24.9 Å². The second kappa shape index (κ2) is 6.17. The molecule has 1 saturated heterocycles. The van der Waals surface area contributed by atoms with Gasteiger partial charge in [0.25, 0.3) is 0 Å². The molecule has 1 aliphatic heterocycles. The Morgan fingerprint density at radius 2 is 2.00 bits per heavy atom. The predicted molar refractivity (Wildman–Crippen MR) is 90.8 cm³/mol. The van der Waals surface area contributed by atoms with Gasteiger partial charge < -0.3 is 24.8 Å². The van der Waals surface area contributed by atoms with Crippen molar-refractivity contribution in [2.24, 2.45) is 22.7 Å². The van der Waals surface area contributed by atoms with Crippen LogP contribution < -0.4 is 0 Å². The van der Waals surface area contributed by atoms with Gasteiger partial charge in [0.15, 0.2) is 6.10 Å². The first-order valence-electron chi connectivity index (χ1n) is 9.47. The normalized spacial score (nSPS) is 50.1. The number of hydrogen-bond acceptors (Lipinski definition) is 7. The van der Waals surface area contributed by atoms with Gasteiger partial charge in [0, 0.05) is 23.2 Å². The van der Waals surface area contributed by atoms with Crippen LogP contribution >= 0.6 is 0 Å². The van der Waals surface area contributed by atoms with Crippen LogP contribution in [-0.2, 0) is 19.1 Å². The van der Waals surface area contributed by atoms with Gasteiger partial charge in [-0.05, 0) is 32.1 Å². The SMILES string of the molecule is CCCC(=O)OCC1(C)C2C(O)CC(C)C23CC(OC(=O)C3O)C1(C)O. The van der Waals surface area contributed by atoms with E-state index in [2.05, 4.69) is 0 Å². The molecular formula is C19H30O7. The molecule has 148 valence electrons. The first kappa shape index (κ1) is 19.6. The summed E-state index contributed by atoms with van der Waals surface area (Å²) in [5, 5.41) is 32.9. The Hall–Kier alpha value is -1.18. The molecule has 26 heavy (non-hydrogen) atoms. The second-order valence-electron chi connectivity index (χ2n) is 8.80. The Morgan fingerprint density at radius 1 is 1.35 bits per heavy atom. The van der Waals surface area contributed by atoms with E-state index in [1.807, 2.05) is 13.8 Å². The van der Waals surface area contributed by atoms with Crippen molar-refractivity contribution in [2.75, 3.05) is 6.61 Å². The fourth-order valence-electron chi connectivity index (χ4n) is 5.81. The molecule has 1 heterocycles. The molecule has 7 heteroatoms. The van der Waals surface area contributed by atoms with E-state index in [0.717, 1.165) is 0 Å². The van der Waals surface area contributed by atoms with Crippen LogP contribution in [0.25, 0.3) is 0 Å². The highest BCUT2D eigenvalue weighted by Crippen LogP contribution is 2.68. The number of aliphatic hydroxyl groups excluding tert-OH is 2. The Kier molecular flexibility index (Phi) is 4.65. The van der Waals surface area contributed by atoms with Crippen LogP contribution in [-0.4, -0.2) is 57.8 Å². The largest absolute Gasteiger partial charge is 0.465 e. The van der Waals surface area contributed by atoms with Gasteiger partial charge in [0.1, 0.15) is 11.7 Å². The van der Waals surface area contributed by atoms with Gasteiger partial charge in [-0.1, -0.05) is 20.8 Å². The van der Waals surface area contributed by atoms with Crippen molar-refractivity contribution in [3.05, 3.63) is 0 Å². The summed E-state index contributed by atoms with van der Waals surface area (Å²) in [6.07, 6.45) is -1.38. The molecule has 2 saturated carbocycles. The lowest BCUT2D eigenvalue weighted by atomic mass is 9.46. The lowest BCUT2D eigenvalue weighted by Crippen LogP contribution is -2.74. The second-order valence-corrected chi connectivity index (χ2v) is 8.80. The van der Waals surface area contributed by atoms with Gasteiger partial charge in [-0.2, -0.15) is 0 Å². The average molecular weight is 370 g/mol. The summed E-state index contributed by atoms with van der Waals surface area (Å²) in [5.74, 6) is -1.84. The molecule has 0 aromatic carbocycles. The van der Waals surface area contributed by atoms with Crippen LogP contribution in [0.3, 0.4) is 0 Å². The maximum atomic E-state index is 12.3. The fraction of sp³-hybridized carbons (Fsp3) is 0.895. The molecule has 0 aromatic heterocycles. The smallest absolute Gasteiger partial charge is 0.335 e. The minimum atomic E-state index is -1.51. The molecular weight excluding hydrogens is 340 g/mol. The lowest BCUT2D eigenvalue weighted by molar-refractivity contribution is -0.296. The summed E-state index contributed by atoms with van der Waals surface area (Å²) in [4.78, 5) is 24.2. The lowest BCUT2D eigenvalue weighted by Gasteiger charge is -2.63. The van der Waals surface area contributed by atoms with Crippen LogP contribution in [0.5, 0.6) is 0 Å². The molecule has 3 fully saturated rings. The summed E-state index contributed by atoms with van der Waals surface area (Å²) >= 11 is 0. The zero-order chi connectivity index (χ0) is 19.5. The Labute approximate surface area is 153 Å². The number of carbonyl (C=O) groups is 2. The highest BCUT2D eigenvalue weighted by Gasteiger charge is 2.75. The zero-order valence-electron chi connectivity index (χ0n) is 15.9. The third-order valence-electron chi connectivity index (χ3n) is 7.46. The predicted octanol–water partition coefficient (Wildman–Crippen LogP) is 0.780. The van der Waals surface area contributed by atoms with E-state index < -0.39 is 46.6 Å². The van der Waals surface area contributed by atoms with Crippen molar-refractivity contribution in [3.8, 4) is 0 Å². The Balaban J connectivity index is 2.05. The maximum Gasteiger partial charge on any atom is 0.335 e. The summed E-state index contributed by atoms with van der Waals surface area (Å²) in [5.41, 5.74) is -3.47. The molecule has 0 radical (unpaired) electrons. The third-order valence-corrected chi connectivity index (χ3v) is 7.46. The maximum absolute atomic E-state index is 12.3. The van der Waals surface area contributed by atoms with Crippen molar-refractivity contribution in [2.45, 2.75) is 77.3 Å². The summed E-state index contributed by atoms with van der Waals surface area (Å²) in [7, 11) is 0. The topological polar surface area (TPSA) is 113 Å². The number of hydrogen-bond donors (Lipinski definition) is 3. The molecule has 8 atom stereocenters. The van der Waals surface area contributed by atoms with Gasteiger partial charge >= 0.3 is 11.9 Å². The van der Waals surface area contributed by atoms with Gasteiger partial charge in [0.05, 0.1) is 12.7 Å². The molecule has 1 spiro atoms. The summed E-state index contributed by atoms with van der Waals surface area (Å²) < 4.78 is 10.8. The number of rotatable bonds is 4. The quantitative estimate of drug-likeness (QED) is 0.627. The van der Waals surface area contributed by atoms with E-state index in [4.69, 9.17) is 9.47 Å². The molecule has 8 unspecified atom stereocenters. The number of fused-ring (bicyclic) bond motifs is 1. The molecule has 2 bridgehead atoms. The third kappa shape index (κ3) is 2.36.